The van der Waals surface area contributed by atoms with Gasteiger partial charge in [-0.1, -0.05) is 20.8 Å². The Morgan fingerprint density at radius 3 is 2.54 bits per heavy atom. The maximum atomic E-state index is 13.5. The summed E-state index contributed by atoms with van der Waals surface area (Å²) in [5.41, 5.74) is 1.55. The van der Waals surface area contributed by atoms with Gasteiger partial charge in [0.25, 0.3) is 0 Å². The molecular weight excluding hydrogens is 464 g/mol. The summed E-state index contributed by atoms with van der Waals surface area (Å²) < 4.78 is 36.3. The molecule has 1 aromatic heterocycles. The Morgan fingerprint density at radius 1 is 1.11 bits per heavy atom. The monoisotopic (exact) mass is 502 g/mol. The average Bonchev–Trinajstić information content (AvgIpc) is 3.35. The van der Waals surface area contributed by atoms with E-state index in [1.165, 1.54) is 4.31 Å². The molecule has 35 heavy (non-hydrogen) atoms. The van der Waals surface area contributed by atoms with Crippen molar-refractivity contribution < 1.29 is 17.9 Å². The fraction of sp³-hybridized carbons (Fsp3) is 0.692. The van der Waals surface area contributed by atoms with E-state index in [2.05, 4.69) is 30.7 Å². The molecule has 0 spiro atoms. The molecule has 5 rings (SSSR count). The van der Waals surface area contributed by atoms with Crippen molar-refractivity contribution in [3.8, 4) is 0 Å². The number of rotatable bonds is 7. The van der Waals surface area contributed by atoms with Crippen molar-refractivity contribution in [3.05, 3.63) is 24.0 Å². The Labute approximate surface area is 208 Å². The highest BCUT2D eigenvalue weighted by Gasteiger charge is 2.35. The molecule has 3 aliphatic rings. The lowest BCUT2D eigenvalue weighted by atomic mass is 9.94. The van der Waals surface area contributed by atoms with Crippen LogP contribution in [0.2, 0.25) is 0 Å². The SMILES string of the molecule is CC(C)(C)c1nc2cc(S(=O)(=O)N3CC[C@@H](CC(=O)NC4CC4)C3)ccc2n1CC1CCOCC1. The van der Waals surface area contributed by atoms with E-state index in [4.69, 9.17) is 9.72 Å². The van der Waals surface area contributed by atoms with Gasteiger partial charge in [0.15, 0.2) is 0 Å². The van der Waals surface area contributed by atoms with Crippen LogP contribution in [0.3, 0.4) is 0 Å². The molecular formula is C26H38N4O4S. The summed E-state index contributed by atoms with van der Waals surface area (Å²) >= 11 is 0. The molecule has 3 fully saturated rings. The maximum Gasteiger partial charge on any atom is 0.243 e. The van der Waals surface area contributed by atoms with Gasteiger partial charge >= 0.3 is 0 Å². The van der Waals surface area contributed by atoms with Crippen LogP contribution in [-0.4, -0.2) is 60.5 Å². The van der Waals surface area contributed by atoms with Crippen molar-refractivity contribution in [1.82, 2.24) is 19.2 Å². The fourth-order valence-corrected chi connectivity index (χ4v) is 6.87. The molecule has 3 heterocycles. The molecule has 1 amide bonds. The standard InChI is InChI=1S/C26H38N4O4S/c1-26(2,3)25-28-22-15-21(6-7-23(22)30(25)17-18-9-12-34-13-10-18)35(32,33)29-11-8-19(16-29)14-24(31)27-20-4-5-20/h6-7,15,18-20H,4-5,8-14,16-17H2,1-3H3,(H,27,31)/t19-/m0/s1. The first-order chi connectivity index (χ1) is 16.6. The Kier molecular flexibility index (Phi) is 6.70. The molecule has 1 aliphatic carbocycles. The first kappa shape index (κ1) is 24.7. The Balaban J connectivity index is 1.37. The van der Waals surface area contributed by atoms with Crippen LogP contribution in [0, 0.1) is 11.8 Å². The second-order valence-electron chi connectivity index (χ2n) is 11.6. The molecule has 1 N–H and O–H groups in total. The van der Waals surface area contributed by atoms with E-state index in [1.54, 1.807) is 12.1 Å². The second kappa shape index (κ2) is 9.48. The summed E-state index contributed by atoms with van der Waals surface area (Å²) in [7, 11) is -3.64. The second-order valence-corrected chi connectivity index (χ2v) is 13.5. The van der Waals surface area contributed by atoms with Gasteiger partial charge in [0, 0.05) is 50.7 Å². The zero-order valence-electron chi connectivity index (χ0n) is 21.1. The molecule has 8 nitrogen and oxygen atoms in total. The lowest BCUT2D eigenvalue weighted by molar-refractivity contribution is -0.122. The maximum absolute atomic E-state index is 13.5. The molecule has 0 unspecified atom stereocenters. The van der Waals surface area contributed by atoms with E-state index in [1.807, 2.05) is 6.07 Å². The number of aromatic nitrogens is 2. The molecule has 192 valence electrons. The third kappa shape index (κ3) is 5.42. The average molecular weight is 503 g/mol. The first-order valence-electron chi connectivity index (χ1n) is 13.0. The van der Waals surface area contributed by atoms with Gasteiger partial charge in [-0.05, 0) is 62.1 Å². The van der Waals surface area contributed by atoms with E-state index in [0.29, 0.717) is 37.9 Å². The summed E-state index contributed by atoms with van der Waals surface area (Å²) in [6, 6.07) is 5.70. The van der Waals surface area contributed by atoms with Crippen molar-refractivity contribution in [2.75, 3.05) is 26.3 Å². The largest absolute Gasteiger partial charge is 0.381 e. The summed E-state index contributed by atoms with van der Waals surface area (Å²) in [5, 5.41) is 3.01. The fourth-order valence-electron chi connectivity index (χ4n) is 5.32. The number of carbonyl (C=O) groups is 1. The van der Waals surface area contributed by atoms with Crippen LogP contribution in [0.1, 0.15) is 65.1 Å². The molecule has 2 aliphatic heterocycles. The lowest BCUT2D eigenvalue weighted by Crippen LogP contribution is -2.31. The lowest BCUT2D eigenvalue weighted by Gasteiger charge is -2.26. The van der Waals surface area contributed by atoms with Gasteiger partial charge in [-0.2, -0.15) is 4.31 Å². The van der Waals surface area contributed by atoms with Crippen molar-refractivity contribution in [2.24, 2.45) is 11.8 Å². The van der Waals surface area contributed by atoms with Crippen LogP contribution in [0.15, 0.2) is 23.1 Å². The molecule has 1 aromatic carbocycles. The van der Waals surface area contributed by atoms with Crippen LogP contribution in [0.25, 0.3) is 11.0 Å². The molecule has 1 saturated carbocycles. The van der Waals surface area contributed by atoms with Crippen molar-refractivity contribution in [1.29, 1.82) is 0 Å². The molecule has 2 saturated heterocycles. The number of nitrogens with one attached hydrogen (secondary N) is 1. The number of hydrogen-bond donors (Lipinski definition) is 1. The zero-order chi connectivity index (χ0) is 24.8. The number of nitrogens with zero attached hydrogens (tertiary/aromatic N) is 3. The number of sulfonamides is 1. The van der Waals surface area contributed by atoms with Crippen molar-refractivity contribution in [3.63, 3.8) is 0 Å². The van der Waals surface area contributed by atoms with Crippen molar-refractivity contribution >= 4 is 27.0 Å². The predicted octanol–water partition coefficient (Wildman–Crippen LogP) is 3.44. The van der Waals surface area contributed by atoms with E-state index in [9.17, 15) is 13.2 Å². The predicted molar refractivity (Wildman–Crippen MR) is 135 cm³/mol. The van der Waals surface area contributed by atoms with Crippen LogP contribution in [0.5, 0.6) is 0 Å². The minimum absolute atomic E-state index is 0.0444. The highest BCUT2D eigenvalue weighted by Crippen LogP contribution is 2.32. The molecule has 0 radical (unpaired) electrons. The molecule has 0 bridgehead atoms. The van der Waals surface area contributed by atoms with E-state index >= 15 is 0 Å². The minimum Gasteiger partial charge on any atom is -0.381 e. The van der Waals surface area contributed by atoms with Crippen LogP contribution < -0.4 is 5.32 Å². The Hall–Kier alpha value is -1.97. The van der Waals surface area contributed by atoms with Gasteiger partial charge in [-0.25, -0.2) is 13.4 Å². The van der Waals surface area contributed by atoms with Gasteiger partial charge < -0.3 is 14.6 Å². The molecule has 9 heteroatoms. The smallest absolute Gasteiger partial charge is 0.243 e. The summed E-state index contributed by atoms with van der Waals surface area (Å²) in [6.07, 6.45) is 5.29. The number of carbonyl (C=O) groups excluding carboxylic acids is 1. The number of benzene rings is 1. The van der Waals surface area contributed by atoms with Crippen LogP contribution in [0.4, 0.5) is 0 Å². The van der Waals surface area contributed by atoms with Gasteiger partial charge in [0.05, 0.1) is 15.9 Å². The van der Waals surface area contributed by atoms with E-state index in [0.717, 1.165) is 62.3 Å². The highest BCUT2D eigenvalue weighted by molar-refractivity contribution is 7.89. The first-order valence-corrected chi connectivity index (χ1v) is 14.4. The molecule has 2 aromatic rings. The van der Waals surface area contributed by atoms with E-state index < -0.39 is 10.0 Å². The van der Waals surface area contributed by atoms with Gasteiger partial charge in [-0.15, -0.1) is 0 Å². The van der Waals surface area contributed by atoms with E-state index in [-0.39, 0.29) is 22.1 Å². The number of ether oxygens (including phenoxy) is 1. The zero-order valence-corrected chi connectivity index (χ0v) is 21.9. The van der Waals surface area contributed by atoms with Gasteiger partial charge in [-0.3, -0.25) is 4.79 Å². The van der Waals surface area contributed by atoms with Crippen molar-refractivity contribution in [2.45, 2.75) is 82.2 Å². The summed E-state index contributed by atoms with van der Waals surface area (Å²) in [5.74, 6) is 1.63. The summed E-state index contributed by atoms with van der Waals surface area (Å²) in [6.45, 7) is 9.75. The Morgan fingerprint density at radius 2 is 1.86 bits per heavy atom. The Bertz CT molecular complexity index is 1190. The van der Waals surface area contributed by atoms with Gasteiger partial charge in [0.2, 0.25) is 15.9 Å². The molecule has 1 atom stereocenters. The minimum atomic E-state index is -3.64. The highest BCUT2D eigenvalue weighted by atomic mass is 32.2. The summed E-state index contributed by atoms with van der Waals surface area (Å²) in [4.78, 5) is 17.4. The third-order valence-electron chi connectivity index (χ3n) is 7.48. The van der Waals surface area contributed by atoms with Crippen LogP contribution >= 0.6 is 0 Å². The van der Waals surface area contributed by atoms with Crippen LogP contribution in [-0.2, 0) is 31.5 Å². The topological polar surface area (TPSA) is 93.5 Å². The normalized spacial score (nSPS) is 22.7. The third-order valence-corrected chi connectivity index (χ3v) is 9.34. The number of fused-ring (bicyclic) bond motifs is 1. The number of imidazole rings is 1. The number of hydrogen-bond acceptors (Lipinski definition) is 5. The quantitative estimate of drug-likeness (QED) is 0.626. The van der Waals surface area contributed by atoms with Gasteiger partial charge in [0.1, 0.15) is 5.82 Å². The number of amides is 1.